The fourth-order valence-electron chi connectivity index (χ4n) is 5.13. The average Bonchev–Trinajstić information content (AvgIpc) is 3.46. The van der Waals surface area contributed by atoms with Gasteiger partial charge < -0.3 is 19.5 Å². The maximum absolute atomic E-state index is 15.5. The van der Waals surface area contributed by atoms with E-state index in [0.29, 0.717) is 54.6 Å². The maximum atomic E-state index is 15.5. The van der Waals surface area contributed by atoms with Gasteiger partial charge in [0.25, 0.3) is 0 Å². The highest BCUT2D eigenvalue weighted by molar-refractivity contribution is 6.30. The van der Waals surface area contributed by atoms with Crippen LogP contribution >= 0.6 is 11.6 Å². The summed E-state index contributed by atoms with van der Waals surface area (Å²) >= 11 is 6.16. The molecule has 1 aliphatic heterocycles. The lowest BCUT2D eigenvalue weighted by molar-refractivity contribution is 0.0695. The highest BCUT2D eigenvalue weighted by Gasteiger charge is 2.23. The second kappa shape index (κ2) is 10.5. The maximum Gasteiger partial charge on any atom is 0.341 e. The summed E-state index contributed by atoms with van der Waals surface area (Å²) in [6.45, 7) is 2.88. The van der Waals surface area contributed by atoms with Gasteiger partial charge in [-0.3, -0.25) is 4.79 Å². The molecule has 0 atom stereocenters. The number of piperazine rings is 1. The molecule has 5 aromatic rings. The van der Waals surface area contributed by atoms with Crippen LogP contribution in [0.5, 0.6) is 0 Å². The number of benzene rings is 3. The number of aromatic carboxylic acids is 1. The molecule has 0 aliphatic carbocycles. The van der Waals surface area contributed by atoms with Crippen molar-refractivity contribution < 1.29 is 14.3 Å². The van der Waals surface area contributed by atoms with E-state index in [9.17, 15) is 14.7 Å². The molecule has 1 fully saturated rings. The summed E-state index contributed by atoms with van der Waals surface area (Å²) < 4.78 is 18.8. The topological polar surface area (TPSA) is 96.5 Å². The zero-order valence-corrected chi connectivity index (χ0v) is 22.0. The summed E-state index contributed by atoms with van der Waals surface area (Å²) in [5.74, 6) is -1.95. The number of carboxylic acids is 1. The minimum absolute atomic E-state index is 0.000364. The Labute approximate surface area is 233 Å². The minimum atomic E-state index is -1.37. The molecule has 9 nitrogen and oxygen atoms in total. The van der Waals surface area contributed by atoms with E-state index in [4.69, 9.17) is 11.6 Å². The van der Waals surface area contributed by atoms with Crippen molar-refractivity contribution in [3.8, 4) is 5.69 Å². The molecule has 1 aliphatic rings. The Morgan fingerprint density at radius 2 is 1.73 bits per heavy atom. The monoisotopic (exact) mass is 558 g/mol. The summed E-state index contributed by atoms with van der Waals surface area (Å²) in [4.78, 5) is 29.2. The Hall–Kier alpha value is -4.70. The average molecular weight is 559 g/mol. The number of aromatic nitrogens is 4. The molecule has 0 saturated carbocycles. The van der Waals surface area contributed by atoms with E-state index < -0.39 is 22.8 Å². The normalized spacial score (nSPS) is 13.7. The SMILES string of the molecule is O=C(O)c1cn(-c2cccc(Cn3ccnn3)c2)c2cc(N3CCN(c4cccc(Cl)c4)CC3)c(F)cc2c1=O. The second-order valence-corrected chi connectivity index (χ2v) is 10.0. The van der Waals surface area contributed by atoms with Crippen LogP contribution in [0.1, 0.15) is 15.9 Å². The van der Waals surface area contributed by atoms with Crippen LogP contribution in [-0.4, -0.2) is 56.8 Å². The van der Waals surface area contributed by atoms with Crippen molar-refractivity contribution in [3.63, 3.8) is 0 Å². The number of rotatable bonds is 6. The smallest absolute Gasteiger partial charge is 0.341 e. The molecule has 40 heavy (non-hydrogen) atoms. The van der Waals surface area contributed by atoms with Gasteiger partial charge in [-0.25, -0.2) is 13.9 Å². The molecule has 0 radical (unpaired) electrons. The molecule has 6 rings (SSSR count). The Kier molecular flexibility index (Phi) is 6.69. The van der Waals surface area contributed by atoms with Gasteiger partial charge in [-0.15, -0.1) is 5.10 Å². The first kappa shape index (κ1) is 25.6. The highest BCUT2D eigenvalue weighted by Crippen LogP contribution is 2.29. The lowest BCUT2D eigenvalue weighted by Crippen LogP contribution is -2.46. The van der Waals surface area contributed by atoms with Crippen LogP contribution in [0, 0.1) is 5.82 Å². The van der Waals surface area contributed by atoms with E-state index in [1.165, 1.54) is 6.20 Å². The summed E-state index contributed by atoms with van der Waals surface area (Å²) in [5.41, 5.74) is 2.15. The zero-order valence-electron chi connectivity index (χ0n) is 21.2. The van der Waals surface area contributed by atoms with Crippen molar-refractivity contribution in [1.82, 2.24) is 19.6 Å². The quantitative estimate of drug-likeness (QED) is 0.329. The molecule has 3 aromatic carbocycles. The first-order valence-corrected chi connectivity index (χ1v) is 13.1. The van der Waals surface area contributed by atoms with Gasteiger partial charge in [0.1, 0.15) is 11.4 Å². The third-order valence-electron chi connectivity index (χ3n) is 7.10. The van der Waals surface area contributed by atoms with Gasteiger partial charge in [-0.1, -0.05) is 35.0 Å². The molecule has 0 unspecified atom stereocenters. The number of carboxylic acid groups (broad SMARTS) is 1. The number of halogens is 2. The van der Waals surface area contributed by atoms with Crippen molar-refractivity contribution in [1.29, 1.82) is 0 Å². The molecule has 1 saturated heterocycles. The van der Waals surface area contributed by atoms with Crippen molar-refractivity contribution in [3.05, 3.63) is 111 Å². The molecule has 2 aromatic heterocycles. The van der Waals surface area contributed by atoms with Crippen LogP contribution < -0.4 is 15.2 Å². The van der Waals surface area contributed by atoms with Gasteiger partial charge in [-0.05, 0) is 48.0 Å². The Balaban J connectivity index is 1.40. The van der Waals surface area contributed by atoms with Gasteiger partial charge in [0.15, 0.2) is 0 Å². The third-order valence-corrected chi connectivity index (χ3v) is 7.34. The Bertz CT molecular complexity index is 1780. The third kappa shape index (κ3) is 4.89. The summed E-state index contributed by atoms with van der Waals surface area (Å²) in [6, 6.07) is 17.9. The van der Waals surface area contributed by atoms with Gasteiger partial charge in [-0.2, -0.15) is 0 Å². The Morgan fingerprint density at radius 1 is 0.975 bits per heavy atom. The fraction of sp³-hybridized carbons (Fsp3) is 0.172. The highest BCUT2D eigenvalue weighted by atomic mass is 35.5. The predicted octanol–water partition coefficient (Wildman–Crippen LogP) is 4.45. The molecule has 3 heterocycles. The van der Waals surface area contributed by atoms with E-state index in [1.54, 1.807) is 27.7 Å². The van der Waals surface area contributed by atoms with E-state index in [2.05, 4.69) is 15.2 Å². The molecule has 0 bridgehead atoms. The van der Waals surface area contributed by atoms with E-state index in [1.807, 2.05) is 53.4 Å². The number of hydrogen-bond acceptors (Lipinski definition) is 6. The predicted molar refractivity (Wildman–Crippen MR) is 151 cm³/mol. The molecule has 11 heteroatoms. The van der Waals surface area contributed by atoms with E-state index >= 15 is 4.39 Å². The van der Waals surface area contributed by atoms with Crippen molar-refractivity contribution in [2.75, 3.05) is 36.0 Å². The molecular formula is C29H24ClFN6O3. The van der Waals surface area contributed by atoms with E-state index in [0.717, 1.165) is 17.3 Å². The first-order valence-electron chi connectivity index (χ1n) is 12.7. The lowest BCUT2D eigenvalue weighted by atomic mass is 10.1. The fourth-order valence-corrected chi connectivity index (χ4v) is 5.31. The molecule has 1 N–H and O–H groups in total. The summed E-state index contributed by atoms with van der Waals surface area (Å²) in [5, 5.41) is 18.2. The van der Waals surface area contributed by atoms with Gasteiger partial charge in [0, 0.05) is 60.4 Å². The first-order chi connectivity index (χ1) is 19.4. The number of hydrogen-bond donors (Lipinski definition) is 1. The second-order valence-electron chi connectivity index (χ2n) is 9.59. The van der Waals surface area contributed by atoms with Crippen molar-refractivity contribution >= 4 is 39.8 Å². The standard InChI is InChI=1S/C29H24ClFN6O3/c30-20-4-2-5-21(14-20)34-9-11-35(12-10-34)27-16-26-23(15-25(27)31)28(38)24(29(39)40)18-37(26)22-6-1-3-19(13-22)17-36-8-7-32-33-36/h1-8,13-16,18H,9-12,17H2,(H,39,40). The van der Waals surface area contributed by atoms with Gasteiger partial charge in [0.2, 0.25) is 5.43 Å². The molecule has 0 amide bonds. The van der Waals surface area contributed by atoms with Crippen LogP contribution in [0.25, 0.3) is 16.6 Å². The molecule has 0 spiro atoms. The van der Waals surface area contributed by atoms with Gasteiger partial charge >= 0.3 is 5.97 Å². The van der Waals surface area contributed by atoms with Crippen molar-refractivity contribution in [2.45, 2.75) is 6.54 Å². The minimum Gasteiger partial charge on any atom is -0.477 e. The van der Waals surface area contributed by atoms with Crippen LogP contribution in [0.15, 0.2) is 84.0 Å². The van der Waals surface area contributed by atoms with Crippen LogP contribution in [0.3, 0.4) is 0 Å². The van der Waals surface area contributed by atoms with Gasteiger partial charge in [0.05, 0.1) is 23.9 Å². The van der Waals surface area contributed by atoms with Crippen LogP contribution in [0.4, 0.5) is 15.8 Å². The largest absolute Gasteiger partial charge is 0.477 e. The number of carbonyl (C=O) groups is 1. The van der Waals surface area contributed by atoms with E-state index in [-0.39, 0.29) is 5.39 Å². The number of nitrogens with zero attached hydrogens (tertiary/aromatic N) is 6. The molecular weight excluding hydrogens is 535 g/mol. The lowest BCUT2D eigenvalue weighted by Gasteiger charge is -2.37. The molecule has 202 valence electrons. The zero-order chi connectivity index (χ0) is 27.8. The summed E-state index contributed by atoms with van der Waals surface area (Å²) in [6.07, 6.45) is 4.63. The van der Waals surface area contributed by atoms with Crippen LogP contribution in [-0.2, 0) is 6.54 Å². The number of anilines is 2. The number of fused-ring (bicyclic) bond motifs is 1. The number of pyridine rings is 1. The van der Waals surface area contributed by atoms with Crippen molar-refractivity contribution in [2.24, 2.45) is 0 Å². The van der Waals surface area contributed by atoms with Crippen LogP contribution in [0.2, 0.25) is 5.02 Å². The summed E-state index contributed by atoms with van der Waals surface area (Å²) in [7, 11) is 0. The Morgan fingerprint density at radius 3 is 2.45 bits per heavy atom.